The summed E-state index contributed by atoms with van der Waals surface area (Å²) in [6.07, 6.45) is 1.38. The van der Waals surface area contributed by atoms with Gasteiger partial charge in [0.05, 0.1) is 29.8 Å². The van der Waals surface area contributed by atoms with E-state index in [1.54, 1.807) is 0 Å². The number of nitriles is 1. The van der Waals surface area contributed by atoms with Crippen LogP contribution in [-0.4, -0.2) is 18.1 Å². The zero-order valence-corrected chi connectivity index (χ0v) is 8.21. The highest BCUT2D eigenvalue weighted by molar-refractivity contribution is 6.31. The summed E-state index contributed by atoms with van der Waals surface area (Å²) in [6, 6.07) is 3.36. The van der Waals surface area contributed by atoms with Crippen molar-refractivity contribution < 1.29 is 9.53 Å². The Balaban J connectivity index is 2.90. The lowest BCUT2D eigenvalue weighted by Crippen LogP contribution is -2.06. The Morgan fingerprint density at radius 3 is 3.00 bits per heavy atom. The number of nitrogens with zero attached hydrogens (tertiary/aromatic N) is 2. The minimum Gasteiger partial charge on any atom is -0.469 e. The summed E-state index contributed by atoms with van der Waals surface area (Å²) in [7, 11) is 1.29. The van der Waals surface area contributed by atoms with Crippen LogP contribution < -0.4 is 0 Å². The van der Waals surface area contributed by atoms with E-state index in [1.807, 2.05) is 6.07 Å². The normalized spacial score (nSPS) is 9.21. The molecule has 72 valence electrons. The third-order valence-electron chi connectivity index (χ3n) is 1.59. The number of ether oxygens (including phenoxy) is 1. The molecule has 0 radical (unpaired) electrons. The van der Waals surface area contributed by atoms with E-state index in [-0.39, 0.29) is 6.42 Å². The topological polar surface area (TPSA) is 63.0 Å². The maximum Gasteiger partial charge on any atom is 0.311 e. The number of carbonyl (C=O) groups excluding carboxylic acids is 1. The minimum absolute atomic E-state index is 0.0149. The molecule has 1 aromatic heterocycles. The van der Waals surface area contributed by atoms with Crippen LogP contribution in [0.2, 0.25) is 5.02 Å². The highest BCUT2D eigenvalue weighted by atomic mass is 35.5. The summed E-state index contributed by atoms with van der Waals surface area (Å²) < 4.78 is 4.46. The van der Waals surface area contributed by atoms with Crippen molar-refractivity contribution in [3.05, 3.63) is 28.5 Å². The monoisotopic (exact) mass is 210 g/mol. The fourth-order valence-electron chi connectivity index (χ4n) is 0.866. The van der Waals surface area contributed by atoms with E-state index in [0.29, 0.717) is 16.3 Å². The third-order valence-corrected chi connectivity index (χ3v) is 1.91. The highest BCUT2D eigenvalue weighted by Crippen LogP contribution is 2.15. The van der Waals surface area contributed by atoms with E-state index in [9.17, 15) is 4.79 Å². The molecule has 0 unspecified atom stereocenters. The lowest BCUT2D eigenvalue weighted by atomic mass is 10.2. The van der Waals surface area contributed by atoms with E-state index < -0.39 is 5.97 Å². The molecule has 0 aliphatic carbocycles. The van der Waals surface area contributed by atoms with Crippen LogP contribution in [0.25, 0.3) is 0 Å². The van der Waals surface area contributed by atoms with Gasteiger partial charge in [0.2, 0.25) is 0 Å². The van der Waals surface area contributed by atoms with Crippen LogP contribution >= 0.6 is 11.6 Å². The molecule has 0 spiro atoms. The molecule has 0 saturated carbocycles. The van der Waals surface area contributed by atoms with E-state index in [4.69, 9.17) is 16.9 Å². The molecule has 1 aromatic rings. The maximum atomic E-state index is 10.9. The van der Waals surface area contributed by atoms with Crippen LogP contribution in [0, 0.1) is 11.3 Å². The molecule has 14 heavy (non-hydrogen) atoms. The SMILES string of the molecule is COC(=O)Cc1ncc(C#N)cc1Cl. The molecule has 4 nitrogen and oxygen atoms in total. The quantitative estimate of drug-likeness (QED) is 0.691. The summed E-state index contributed by atoms with van der Waals surface area (Å²) in [5.41, 5.74) is 0.779. The maximum absolute atomic E-state index is 10.9. The number of rotatable bonds is 2. The smallest absolute Gasteiger partial charge is 0.311 e. The van der Waals surface area contributed by atoms with Gasteiger partial charge in [0.1, 0.15) is 6.07 Å². The number of pyridine rings is 1. The number of halogens is 1. The Hall–Kier alpha value is -1.60. The summed E-state index contributed by atoms with van der Waals surface area (Å²) >= 11 is 5.79. The van der Waals surface area contributed by atoms with Gasteiger partial charge in [0.15, 0.2) is 0 Å². The van der Waals surface area contributed by atoms with Crippen LogP contribution in [0.1, 0.15) is 11.3 Å². The summed E-state index contributed by atoms with van der Waals surface area (Å²) in [5.74, 6) is -0.413. The van der Waals surface area contributed by atoms with Crippen molar-refractivity contribution in [3.63, 3.8) is 0 Å². The molecule has 5 heteroatoms. The zero-order valence-electron chi connectivity index (χ0n) is 7.45. The summed E-state index contributed by atoms with van der Waals surface area (Å²) in [6.45, 7) is 0. The Kier molecular flexibility index (Phi) is 3.43. The molecule has 0 aliphatic heterocycles. The van der Waals surface area contributed by atoms with Crippen molar-refractivity contribution in [2.75, 3.05) is 7.11 Å². The predicted octanol–water partition coefficient (Wildman–Crippen LogP) is 1.32. The van der Waals surface area contributed by atoms with Gasteiger partial charge in [-0.2, -0.15) is 5.26 Å². The second kappa shape index (κ2) is 4.58. The molecule has 0 saturated heterocycles. The number of hydrogen-bond acceptors (Lipinski definition) is 4. The third kappa shape index (κ3) is 2.44. The molecule has 0 aliphatic rings. The van der Waals surface area contributed by atoms with Crippen molar-refractivity contribution in [1.82, 2.24) is 4.98 Å². The first-order valence-electron chi connectivity index (χ1n) is 3.78. The fourth-order valence-corrected chi connectivity index (χ4v) is 1.10. The van der Waals surface area contributed by atoms with Gasteiger partial charge in [0.25, 0.3) is 0 Å². The first kappa shape index (κ1) is 10.5. The Morgan fingerprint density at radius 1 is 1.79 bits per heavy atom. The van der Waals surface area contributed by atoms with Crippen molar-refractivity contribution in [2.45, 2.75) is 6.42 Å². The molecule has 0 atom stereocenters. The first-order chi connectivity index (χ1) is 6.67. The Bertz CT molecular complexity index is 398. The molecule has 0 bridgehead atoms. The van der Waals surface area contributed by atoms with Gasteiger partial charge in [-0.3, -0.25) is 9.78 Å². The van der Waals surface area contributed by atoms with E-state index in [2.05, 4.69) is 9.72 Å². The van der Waals surface area contributed by atoms with Crippen LogP contribution in [0.4, 0.5) is 0 Å². The molecule has 1 heterocycles. The van der Waals surface area contributed by atoms with Crippen LogP contribution in [0.3, 0.4) is 0 Å². The van der Waals surface area contributed by atoms with Crippen LogP contribution in [0.5, 0.6) is 0 Å². The Labute approximate surface area is 86.1 Å². The van der Waals surface area contributed by atoms with E-state index in [1.165, 1.54) is 19.4 Å². The lowest BCUT2D eigenvalue weighted by Gasteiger charge is -2.01. The van der Waals surface area contributed by atoms with Crippen molar-refractivity contribution in [2.24, 2.45) is 0 Å². The number of esters is 1. The van der Waals surface area contributed by atoms with Gasteiger partial charge < -0.3 is 4.74 Å². The van der Waals surface area contributed by atoms with Crippen molar-refractivity contribution in [1.29, 1.82) is 5.26 Å². The van der Waals surface area contributed by atoms with Gasteiger partial charge in [-0.05, 0) is 6.07 Å². The average Bonchev–Trinajstić information content (AvgIpc) is 2.20. The van der Waals surface area contributed by atoms with Crippen molar-refractivity contribution in [3.8, 4) is 6.07 Å². The predicted molar refractivity (Wildman–Crippen MR) is 49.7 cm³/mol. The molecule has 0 aromatic carbocycles. The second-order valence-corrected chi connectivity index (χ2v) is 2.92. The van der Waals surface area contributed by atoms with Gasteiger partial charge >= 0.3 is 5.97 Å². The average molecular weight is 211 g/mol. The first-order valence-corrected chi connectivity index (χ1v) is 4.16. The molecule has 0 fully saturated rings. The molecular formula is C9H7ClN2O2. The van der Waals surface area contributed by atoms with Gasteiger partial charge in [0, 0.05) is 6.20 Å². The van der Waals surface area contributed by atoms with E-state index in [0.717, 1.165) is 0 Å². The van der Waals surface area contributed by atoms with E-state index >= 15 is 0 Å². The molecular weight excluding hydrogens is 204 g/mol. The summed E-state index contributed by atoms with van der Waals surface area (Å²) in [5, 5.41) is 8.84. The van der Waals surface area contributed by atoms with Crippen LogP contribution in [-0.2, 0) is 16.0 Å². The lowest BCUT2D eigenvalue weighted by molar-refractivity contribution is -0.139. The van der Waals surface area contributed by atoms with Crippen molar-refractivity contribution >= 4 is 17.6 Å². The second-order valence-electron chi connectivity index (χ2n) is 2.52. The number of methoxy groups -OCH3 is 1. The largest absolute Gasteiger partial charge is 0.469 e. The molecule has 1 rings (SSSR count). The zero-order chi connectivity index (χ0) is 10.6. The summed E-state index contributed by atoms with van der Waals surface area (Å²) in [4.78, 5) is 14.8. The Morgan fingerprint density at radius 2 is 2.50 bits per heavy atom. The fraction of sp³-hybridized carbons (Fsp3) is 0.222. The number of carbonyl (C=O) groups is 1. The number of hydrogen-bond donors (Lipinski definition) is 0. The van der Waals surface area contributed by atoms with Gasteiger partial charge in [-0.25, -0.2) is 0 Å². The van der Waals surface area contributed by atoms with Gasteiger partial charge in [-0.15, -0.1) is 0 Å². The molecule has 0 N–H and O–H groups in total. The van der Waals surface area contributed by atoms with Crippen LogP contribution in [0.15, 0.2) is 12.3 Å². The highest BCUT2D eigenvalue weighted by Gasteiger charge is 2.08. The minimum atomic E-state index is -0.413. The molecule has 0 amide bonds. The standard InChI is InChI=1S/C9H7ClN2O2/c1-14-9(13)3-8-7(10)2-6(4-11)5-12-8/h2,5H,3H2,1H3. The van der Waals surface area contributed by atoms with Gasteiger partial charge in [-0.1, -0.05) is 11.6 Å². The number of aromatic nitrogens is 1.